The van der Waals surface area contributed by atoms with Crippen LogP contribution in [0.25, 0.3) is 0 Å². The largest absolute Gasteiger partial charge is 0.394 e. The Morgan fingerprint density at radius 3 is 3.07 bits per heavy atom. The first-order valence-corrected chi connectivity index (χ1v) is 5.58. The molecule has 0 aliphatic carbocycles. The van der Waals surface area contributed by atoms with Crippen LogP contribution in [0.3, 0.4) is 0 Å². The van der Waals surface area contributed by atoms with E-state index in [1.165, 1.54) is 0 Å². The molecule has 0 saturated carbocycles. The fourth-order valence-corrected chi connectivity index (χ4v) is 2.46. The van der Waals surface area contributed by atoms with Crippen molar-refractivity contribution in [1.82, 2.24) is 9.78 Å². The van der Waals surface area contributed by atoms with Gasteiger partial charge in [-0.3, -0.25) is 4.68 Å². The molecule has 0 spiro atoms. The van der Waals surface area contributed by atoms with E-state index in [1.54, 1.807) is 0 Å². The SMILES string of the molecule is Cn1nc(Br)cc1N1CCC[C@H]1CO. The smallest absolute Gasteiger partial charge is 0.130 e. The summed E-state index contributed by atoms with van der Waals surface area (Å²) in [5.74, 6) is 1.08. The molecule has 1 atom stereocenters. The lowest BCUT2D eigenvalue weighted by atomic mass is 10.2. The molecule has 0 bridgehead atoms. The third-order valence-corrected chi connectivity index (χ3v) is 3.09. The van der Waals surface area contributed by atoms with E-state index >= 15 is 0 Å². The molecule has 1 aliphatic heterocycles. The molecule has 5 heteroatoms. The third kappa shape index (κ3) is 1.66. The highest BCUT2D eigenvalue weighted by Crippen LogP contribution is 2.26. The number of aliphatic hydroxyl groups is 1. The second kappa shape index (κ2) is 3.90. The molecular weight excluding hydrogens is 246 g/mol. The maximum absolute atomic E-state index is 9.21. The lowest BCUT2D eigenvalue weighted by molar-refractivity contribution is 0.265. The molecular formula is C9H14BrN3O. The van der Waals surface area contributed by atoms with Gasteiger partial charge in [-0.15, -0.1) is 0 Å². The first-order valence-electron chi connectivity index (χ1n) is 4.79. The number of nitrogens with zero attached hydrogens (tertiary/aromatic N) is 3. The number of anilines is 1. The predicted molar refractivity (Wildman–Crippen MR) is 58.4 cm³/mol. The number of rotatable bonds is 2. The number of halogens is 1. The van der Waals surface area contributed by atoms with E-state index in [2.05, 4.69) is 25.9 Å². The van der Waals surface area contributed by atoms with Crippen molar-refractivity contribution in [2.75, 3.05) is 18.1 Å². The van der Waals surface area contributed by atoms with Crippen LogP contribution < -0.4 is 4.90 Å². The van der Waals surface area contributed by atoms with Gasteiger partial charge >= 0.3 is 0 Å². The standard InChI is InChI=1S/C9H14BrN3O/c1-12-9(5-8(10)11-12)13-4-2-3-7(13)6-14/h5,7,14H,2-4,6H2,1H3/t7-/m0/s1. The molecule has 1 fully saturated rings. The molecule has 14 heavy (non-hydrogen) atoms. The highest BCUT2D eigenvalue weighted by atomic mass is 79.9. The number of aromatic nitrogens is 2. The molecule has 78 valence electrons. The molecule has 1 aliphatic rings. The van der Waals surface area contributed by atoms with E-state index in [4.69, 9.17) is 0 Å². The van der Waals surface area contributed by atoms with E-state index < -0.39 is 0 Å². The monoisotopic (exact) mass is 259 g/mol. The average molecular weight is 260 g/mol. The molecule has 1 aromatic heterocycles. The topological polar surface area (TPSA) is 41.3 Å². The summed E-state index contributed by atoms with van der Waals surface area (Å²) >= 11 is 3.35. The average Bonchev–Trinajstić information content (AvgIpc) is 2.71. The molecule has 1 N–H and O–H groups in total. The number of hydrogen-bond donors (Lipinski definition) is 1. The van der Waals surface area contributed by atoms with Crippen molar-refractivity contribution in [2.45, 2.75) is 18.9 Å². The van der Waals surface area contributed by atoms with Gasteiger partial charge in [-0.1, -0.05) is 0 Å². The molecule has 0 amide bonds. The van der Waals surface area contributed by atoms with Gasteiger partial charge in [-0.2, -0.15) is 5.10 Å². The van der Waals surface area contributed by atoms with Gasteiger partial charge in [0.1, 0.15) is 10.4 Å². The molecule has 2 heterocycles. The van der Waals surface area contributed by atoms with E-state index in [-0.39, 0.29) is 12.6 Å². The Morgan fingerprint density at radius 2 is 2.50 bits per heavy atom. The van der Waals surface area contributed by atoms with Gasteiger partial charge < -0.3 is 10.0 Å². The minimum absolute atomic E-state index is 0.225. The van der Waals surface area contributed by atoms with E-state index in [9.17, 15) is 5.11 Å². The summed E-state index contributed by atoms with van der Waals surface area (Å²) in [6.45, 7) is 1.24. The van der Waals surface area contributed by atoms with Crippen molar-refractivity contribution >= 4 is 21.7 Å². The Labute approximate surface area is 91.6 Å². The van der Waals surface area contributed by atoms with Crippen molar-refractivity contribution in [3.8, 4) is 0 Å². The molecule has 0 unspecified atom stereocenters. The van der Waals surface area contributed by atoms with Crippen LogP contribution >= 0.6 is 15.9 Å². The maximum atomic E-state index is 9.21. The van der Waals surface area contributed by atoms with Gasteiger partial charge in [-0.05, 0) is 28.8 Å². The second-order valence-corrected chi connectivity index (χ2v) is 4.43. The minimum atomic E-state index is 0.225. The van der Waals surface area contributed by atoms with Gasteiger partial charge in [0, 0.05) is 19.7 Å². The molecule has 0 aromatic carbocycles. The fraction of sp³-hybridized carbons (Fsp3) is 0.667. The third-order valence-electron chi connectivity index (χ3n) is 2.71. The summed E-state index contributed by atoms with van der Waals surface area (Å²) in [5.41, 5.74) is 0. The van der Waals surface area contributed by atoms with Crippen LogP contribution in [0.5, 0.6) is 0 Å². The summed E-state index contributed by atoms with van der Waals surface area (Å²) in [7, 11) is 1.92. The Hall–Kier alpha value is -0.550. The molecule has 4 nitrogen and oxygen atoms in total. The Balaban J connectivity index is 2.25. The highest BCUT2D eigenvalue weighted by Gasteiger charge is 2.26. The van der Waals surface area contributed by atoms with Crippen LogP contribution in [0.15, 0.2) is 10.7 Å². The highest BCUT2D eigenvalue weighted by molar-refractivity contribution is 9.10. The Kier molecular flexibility index (Phi) is 2.78. The predicted octanol–water partition coefficient (Wildman–Crippen LogP) is 1.14. The van der Waals surface area contributed by atoms with Gasteiger partial charge in [0.2, 0.25) is 0 Å². The normalized spacial score (nSPS) is 21.9. The van der Waals surface area contributed by atoms with E-state index in [0.717, 1.165) is 29.8 Å². The zero-order chi connectivity index (χ0) is 10.1. The quantitative estimate of drug-likeness (QED) is 0.867. The first-order chi connectivity index (χ1) is 6.72. The summed E-state index contributed by atoms with van der Waals surface area (Å²) < 4.78 is 2.69. The van der Waals surface area contributed by atoms with Crippen molar-refractivity contribution in [2.24, 2.45) is 7.05 Å². The van der Waals surface area contributed by atoms with Gasteiger partial charge in [0.15, 0.2) is 0 Å². The van der Waals surface area contributed by atoms with Crippen LogP contribution in [0.2, 0.25) is 0 Å². The zero-order valence-corrected chi connectivity index (χ0v) is 9.74. The second-order valence-electron chi connectivity index (χ2n) is 3.62. The minimum Gasteiger partial charge on any atom is -0.394 e. The maximum Gasteiger partial charge on any atom is 0.130 e. The van der Waals surface area contributed by atoms with Crippen molar-refractivity contribution < 1.29 is 5.11 Å². The zero-order valence-electron chi connectivity index (χ0n) is 8.15. The molecule has 1 saturated heterocycles. The summed E-state index contributed by atoms with van der Waals surface area (Å²) in [6, 6.07) is 2.26. The number of hydrogen-bond acceptors (Lipinski definition) is 3. The number of aryl methyl sites for hydroxylation is 1. The van der Waals surface area contributed by atoms with Crippen molar-refractivity contribution in [1.29, 1.82) is 0 Å². The summed E-state index contributed by atoms with van der Waals surface area (Å²) in [5, 5.41) is 13.4. The summed E-state index contributed by atoms with van der Waals surface area (Å²) in [4.78, 5) is 2.22. The lowest BCUT2D eigenvalue weighted by Gasteiger charge is -2.24. The Bertz CT molecular complexity index is 326. The Morgan fingerprint density at radius 1 is 1.71 bits per heavy atom. The van der Waals surface area contributed by atoms with Gasteiger partial charge in [-0.25, -0.2) is 0 Å². The van der Waals surface area contributed by atoms with Crippen molar-refractivity contribution in [3.63, 3.8) is 0 Å². The first kappa shape index (κ1) is 9.98. The van der Waals surface area contributed by atoms with Crippen LogP contribution in [0.4, 0.5) is 5.82 Å². The van der Waals surface area contributed by atoms with Gasteiger partial charge in [0.05, 0.1) is 12.6 Å². The summed E-state index contributed by atoms with van der Waals surface area (Å²) in [6.07, 6.45) is 2.22. The van der Waals surface area contributed by atoms with Crippen LogP contribution in [0, 0.1) is 0 Å². The van der Waals surface area contributed by atoms with E-state index in [1.807, 2.05) is 17.8 Å². The van der Waals surface area contributed by atoms with E-state index in [0.29, 0.717) is 0 Å². The van der Waals surface area contributed by atoms with Crippen LogP contribution in [-0.4, -0.2) is 34.1 Å². The fourth-order valence-electron chi connectivity index (χ4n) is 2.02. The molecule has 2 rings (SSSR count). The van der Waals surface area contributed by atoms with Crippen molar-refractivity contribution in [3.05, 3.63) is 10.7 Å². The number of aliphatic hydroxyl groups excluding tert-OH is 1. The van der Waals surface area contributed by atoms with Crippen LogP contribution in [0.1, 0.15) is 12.8 Å². The van der Waals surface area contributed by atoms with Crippen LogP contribution in [-0.2, 0) is 7.05 Å². The molecule has 1 aromatic rings. The van der Waals surface area contributed by atoms with Gasteiger partial charge in [0.25, 0.3) is 0 Å². The molecule has 0 radical (unpaired) electrons. The lowest BCUT2D eigenvalue weighted by Crippen LogP contribution is -2.33.